The number of benzene rings is 1. The van der Waals surface area contributed by atoms with Gasteiger partial charge in [0.2, 0.25) is 6.20 Å². The van der Waals surface area contributed by atoms with Crippen molar-refractivity contribution in [1.82, 2.24) is 0 Å². The molecular weight excluding hydrogens is 210 g/mol. The van der Waals surface area contributed by atoms with Gasteiger partial charge in [0, 0.05) is 6.08 Å². The van der Waals surface area contributed by atoms with Gasteiger partial charge in [-0.15, -0.1) is 0 Å². The van der Waals surface area contributed by atoms with Gasteiger partial charge in [-0.25, -0.2) is 0 Å². The highest BCUT2D eigenvalue weighted by Crippen LogP contribution is 2.28. The highest BCUT2D eigenvalue weighted by atomic mass is 16.6. The van der Waals surface area contributed by atoms with E-state index in [1.807, 2.05) is 6.92 Å². The molecule has 0 bridgehead atoms. The zero-order chi connectivity index (χ0) is 12.0. The lowest BCUT2D eigenvalue weighted by Gasteiger charge is -2.09. The van der Waals surface area contributed by atoms with Crippen LogP contribution in [0.1, 0.15) is 12.5 Å². The van der Waals surface area contributed by atoms with Crippen LogP contribution in [0.3, 0.4) is 0 Å². The molecule has 16 heavy (non-hydrogen) atoms. The summed E-state index contributed by atoms with van der Waals surface area (Å²) in [6.45, 7) is 2.37. The average Bonchev–Trinajstić information content (AvgIpc) is 2.27. The number of hydrogen-bond acceptors (Lipinski definition) is 4. The van der Waals surface area contributed by atoms with Gasteiger partial charge in [-0.05, 0) is 24.6 Å². The van der Waals surface area contributed by atoms with Crippen molar-refractivity contribution in [2.45, 2.75) is 6.92 Å². The van der Waals surface area contributed by atoms with Gasteiger partial charge in [0.15, 0.2) is 11.5 Å². The van der Waals surface area contributed by atoms with Gasteiger partial charge in [0.05, 0.1) is 18.6 Å². The van der Waals surface area contributed by atoms with Crippen molar-refractivity contribution in [1.29, 1.82) is 0 Å². The molecule has 0 amide bonds. The van der Waals surface area contributed by atoms with Crippen molar-refractivity contribution in [3.05, 3.63) is 40.1 Å². The normalized spacial score (nSPS) is 10.4. The molecule has 1 aromatic rings. The van der Waals surface area contributed by atoms with E-state index in [1.165, 1.54) is 6.08 Å². The Morgan fingerprint density at radius 3 is 2.75 bits per heavy atom. The van der Waals surface area contributed by atoms with Crippen LogP contribution in [0.25, 0.3) is 6.08 Å². The van der Waals surface area contributed by atoms with E-state index in [0.29, 0.717) is 23.7 Å². The molecular formula is C11H13NO4. The molecule has 5 nitrogen and oxygen atoms in total. The third-order valence-corrected chi connectivity index (χ3v) is 1.88. The Balaban J connectivity index is 2.96. The van der Waals surface area contributed by atoms with E-state index in [1.54, 1.807) is 25.3 Å². The first-order valence-electron chi connectivity index (χ1n) is 4.80. The monoisotopic (exact) mass is 223 g/mol. The molecule has 0 saturated heterocycles. The molecule has 0 aromatic heterocycles. The Kier molecular flexibility index (Phi) is 4.32. The van der Waals surface area contributed by atoms with Crippen LogP contribution in [0.2, 0.25) is 0 Å². The standard InChI is InChI=1S/C11H13NO4/c1-3-16-11-8-9(6-7-12(13)14)4-5-10(11)15-2/h4-8H,3H2,1-2H3. The van der Waals surface area contributed by atoms with Crippen LogP contribution in [0.15, 0.2) is 24.4 Å². The predicted octanol–water partition coefficient (Wildman–Crippen LogP) is 2.34. The van der Waals surface area contributed by atoms with Crippen LogP contribution in [-0.2, 0) is 0 Å². The number of nitrogens with zero attached hydrogens (tertiary/aromatic N) is 1. The molecule has 0 spiro atoms. The minimum atomic E-state index is -0.509. The molecule has 0 atom stereocenters. The molecule has 1 rings (SSSR count). The first-order chi connectivity index (χ1) is 7.67. The van der Waals surface area contributed by atoms with Gasteiger partial charge in [0.1, 0.15) is 0 Å². The topological polar surface area (TPSA) is 61.6 Å². The SMILES string of the molecule is CCOc1cc(C=C[N+](=O)[O-])ccc1OC. The molecule has 0 N–H and O–H groups in total. The fourth-order valence-electron chi connectivity index (χ4n) is 1.21. The highest BCUT2D eigenvalue weighted by molar-refractivity contribution is 5.55. The summed E-state index contributed by atoms with van der Waals surface area (Å²) >= 11 is 0. The maximum Gasteiger partial charge on any atom is 0.235 e. The minimum Gasteiger partial charge on any atom is -0.493 e. The fourth-order valence-corrected chi connectivity index (χ4v) is 1.21. The summed E-state index contributed by atoms with van der Waals surface area (Å²) in [6.07, 6.45) is 2.29. The van der Waals surface area contributed by atoms with Gasteiger partial charge >= 0.3 is 0 Å². The maximum atomic E-state index is 10.2. The molecule has 0 aliphatic carbocycles. The lowest BCUT2D eigenvalue weighted by atomic mass is 10.2. The van der Waals surface area contributed by atoms with Gasteiger partial charge < -0.3 is 9.47 Å². The minimum absolute atomic E-state index is 0.509. The zero-order valence-corrected chi connectivity index (χ0v) is 9.17. The van der Waals surface area contributed by atoms with E-state index < -0.39 is 4.92 Å². The second-order valence-electron chi connectivity index (χ2n) is 2.94. The number of rotatable bonds is 5. The average molecular weight is 223 g/mol. The molecule has 5 heteroatoms. The molecule has 0 aliphatic heterocycles. The summed E-state index contributed by atoms with van der Waals surface area (Å²) in [5.74, 6) is 1.19. The highest BCUT2D eigenvalue weighted by Gasteiger charge is 2.04. The van der Waals surface area contributed by atoms with Crippen LogP contribution in [0, 0.1) is 10.1 Å². The summed E-state index contributed by atoms with van der Waals surface area (Å²) in [6, 6.07) is 5.13. The van der Waals surface area contributed by atoms with E-state index in [-0.39, 0.29) is 0 Å². The first kappa shape index (κ1) is 12.0. The maximum absolute atomic E-state index is 10.2. The third kappa shape index (κ3) is 3.27. The fraction of sp³-hybridized carbons (Fsp3) is 0.273. The smallest absolute Gasteiger partial charge is 0.235 e. The van der Waals surface area contributed by atoms with Crippen molar-refractivity contribution in [2.75, 3.05) is 13.7 Å². The molecule has 0 unspecified atom stereocenters. The summed E-state index contributed by atoms with van der Waals surface area (Å²) < 4.78 is 10.4. The lowest BCUT2D eigenvalue weighted by Crippen LogP contribution is -1.95. The van der Waals surface area contributed by atoms with Crippen LogP contribution < -0.4 is 9.47 Å². The van der Waals surface area contributed by atoms with Crippen LogP contribution >= 0.6 is 0 Å². The summed E-state index contributed by atoms with van der Waals surface area (Å²) in [4.78, 5) is 9.66. The van der Waals surface area contributed by atoms with Gasteiger partial charge in [-0.2, -0.15) is 0 Å². The lowest BCUT2D eigenvalue weighted by molar-refractivity contribution is -0.400. The quantitative estimate of drug-likeness (QED) is 0.567. The Morgan fingerprint density at radius 2 is 2.19 bits per heavy atom. The molecule has 86 valence electrons. The second-order valence-corrected chi connectivity index (χ2v) is 2.94. The van der Waals surface area contributed by atoms with E-state index in [9.17, 15) is 10.1 Å². The largest absolute Gasteiger partial charge is 0.493 e. The van der Waals surface area contributed by atoms with Crippen molar-refractivity contribution in [2.24, 2.45) is 0 Å². The number of nitro groups is 1. The molecule has 0 heterocycles. The number of hydrogen-bond donors (Lipinski definition) is 0. The Bertz CT molecular complexity index is 401. The summed E-state index contributed by atoms with van der Waals surface area (Å²) in [7, 11) is 1.55. The number of ether oxygens (including phenoxy) is 2. The zero-order valence-electron chi connectivity index (χ0n) is 9.17. The van der Waals surface area contributed by atoms with E-state index in [0.717, 1.165) is 6.20 Å². The molecule has 0 fully saturated rings. The van der Waals surface area contributed by atoms with Crippen molar-refractivity contribution in [3.63, 3.8) is 0 Å². The molecule has 0 radical (unpaired) electrons. The first-order valence-corrected chi connectivity index (χ1v) is 4.80. The van der Waals surface area contributed by atoms with Gasteiger partial charge in [-0.1, -0.05) is 6.07 Å². The Labute approximate surface area is 93.4 Å². The number of methoxy groups -OCH3 is 1. The van der Waals surface area contributed by atoms with E-state index >= 15 is 0 Å². The van der Waals surface area contributed by atoms with Crippen LogP contribution in [-0.4, -0.2) is 18.6 Å². The van der Waals surface area contributed by atoms with E-state index in [4.69, 9.17) is 9.47 Å². The Hall–Kier alpha value is -2.04. The van der Waals surface area contributed by atoms with E-state index in [2.05, 4.69) is 0 Å². The second kappa shape index (κ2) is 5.75. The predicted molar refractivity (Wildman–Crippen MR) is 60.2 cm³/mol. The van der Waals surface area contributed by atoms with Crippen molar-refractivity contribution < 1.29 is 14.4 Å². The van der Waals surface area contributed by atoms with Crippen LogP contribution in [0.4, 0.5) is 0 Å². The molecule has 0 aliphatic rings. The molecule has 1 aromatic carbocycles. The van der Waals surface area contributed by atoms with Gasteiger partial charge in [-0.3, -0.25) is 10.1 Å². The van der Waals surface area contributed by atoms with Crippen molar-refractivity contribution in [3.8, 4) is 11.5 Å². The summed E-state index contributed by atoms with van der Waals surface area (Å²) in [5, 5.41) is 10.2. The third-order valence-electron chi connectivity index (χ3n) is 1.88. The van der Waals surface area contributed by atoms with Crippen molar-refractivity contribution >= 4 is 6.08 Å². The molecule has 0 saturated carbocycles. The van der Waals surface area contributed by atoms with Gasteiger partial charge in [0.25, 0.3) is 0 Å². The summed E-state index contributed by atoms with van der Waals surface area (Å²) in [5.41, 5.74) is 0.695. The van der Waals surface area contributed by atoms with Crippen LogP contribution in [0.5, 0.6) is 11.5 Å². The Morgan fingerprint density at radius 1 is 1.44 bits per heavy atom.